The molecule has 1 heterocycles. The molecule has 2 aromatic carbocycles. The second-order valence-corrected chi connectivity index (χ2v) is 6.08. The third-order valence-electron chi connectivity index (χ3n) is 3.58. The van der Waals surface area contributed by atoms with Gasteiger partial charge < -0.3 is 15.0 Å². The summed E-state index contributed by atoms with van der Waals surface area (Å²) in [7, 11) is 4.02. The van der Waals surface area contributed by atoms with Crippen molar-refractivity contribution in [3.63, 3.8) is 0 Å². The van der Waals surface area contributed by atoms with Gasteiger partial charge in [0, 0.05) is 36.1 Å². The van der Waals surface area contributed by atoms with Gasteiger partial charge in [-0.3, -0.25) is 4.79 Å². The number of ether oxygens (including phenoxy) is 1. The van der Waals surface area contributed by atoms with E-state index in [1.54, 1.807) is 30.5 Å². The first kappa shape index (κ1) is 17.6. The molecule has 0 aliphatic heterocycles. The Hall–Kier alpha value is -3.25. The average Bonchev–Trinajstić information content (AvgIpc) is 2.63. The van der Waals surface area contributed by atoms with Crippen molar-refractivity contribution in [1.29, 1.82) is 0 Å². The topological polar surface area (TPSA) is 67.4 Å². The number of carbonyl (C=O) groups is 1. The van der Waals surface area contributed by atoms with Crippen molar-refractivity contribution in [2.24, 2.45) is 0 Å². The Bertz CT molecular complexity index is 864. The van der Waals surface area contributed by atoms with Crippen molar-refractivity contribution < 1.29 is 9.53 Å². The van der Waals surface area contributed by atoms with E-state index in [2.05, 4.69) is 20.4 Å². The van der Waals surface area contributed by atoms with Crippen LogP contribution < -0.4 is 10.1 Å². The van der Waals surface area contributed by atoms with Crippen LogP contribution in [-0.4, -0.2) is 35.1 Å². The van der Waals surface area contributed by atoms with Gasteiger partial charge >= 0.3 is 0 Å². The van der Waals surface area contributed by atoms with Crippen LogP contribution in [0.15, 0.2) is 66.9 Å². The smallest absolute Gasteiger partial charge is 0.255 e. The largest absolute Gasteiger partial charge is 0.437 e. The number of hydrogen-bond donors (Lipinski definition) is 1. The quantitative estimate of drug-likeness (QED) is 0.737. The van der Waals surface area contributed by atoms with Crippen LogP contribution in [0.3, 0.4) is 0 Å². The monoisotopic (exact) mass is 348 g/mol. The molecule has 6 nitrogen and oxygen atoms in total. The highest BCUT2D eigenvalue weighted by Crippen LogP contribution is 2.22. The van der Waals surface area contributed by atoms with Crippen molar-refractivity contribution >= 4 is 11.6 Å². The van der Waals surface area contributed by atoms with Crippen LogP contribution in [0.1, 0.15) is 15.9 Å². The van der Waals surface area contributed by atoms with E-state index in [-0.39, 0.29) is 5.91 Å². The number of benzene rings is 2. The minimum absolute atomic E-state index is 0.168. The SMILES string of the molecule is CN(C)Cc1ccc(C(=O)Nc2cccc(Oc3cccnn3)c2)cc1. The van der Waals surface area contributed by atoms with E-state index >= 15 is 0 Å². The van der Waals surface area contributed by atoms with Crippen LogP contribution in [-0.2, 0) is 6.54 Å². The summed E-state index contributed by atoms with van der Waals surface area (Å²) in [5, 5.41) is 10.5. The highest BCUT2D eigenvalue weighted by atomic mass is 16.5. The fraction of sp³-hybridized carbons (Fsp3) is 0.150. The van der Waals surface area contributed by atoms with Crippen LogP contribution in [0, 0.1) is 0 Å². The standard InChI is InChI=1S/C20H20N4O2/c1-24(2)14-15-8-10-16(11-9-15)20(25)22-17-5-3-6-18(13-17)26-19-7-4-12-21-23-19/h3-13H,14H2,1-2H3,(H,22,25). The third-order valence-corrected chi connectivity index (χ3v) is 3.58. The molecule has 0 unspecified atom stereocenters. The predicted molar refractivity (Wildman–Crippen MR) is 100 cm³/mol. The maximum absolute atomic E-state index is 12.4. The first-order valence-electron chi connectivity index (χ1n) is 8.21. The lowest BCUT2D eigenvalue weighted by Gasteiger charge is -2.11. The molecule has 3 aromatic rings. The molecule has 0 aliphatic rings. The zero-order valence-corrected chi connectivity index (χ0v) is 14.7. The summed E-state index contributed by atoms with van der Waals surface area (Å²) >= 11 is 0. The molecule has 0 bridgehead atoms. The summed E-state index contributed by atoms with van der Waals surface area (Å²) in [4.78, 5) is 14.5. The number of hydrogen-bond acceptors (Lipinski definition) is 5. The minimum Gasteiger partial charge on any atom is -0.437 e. The molecule has 0 atom stereocenters. The van der Waals surface area contributed by atoms with Gasteiger partial charge in [0.15, 0.2) is 0 Å². The molecule has 26 heavy (non-hydrogen) atoms. The molecule has 0 fully saturated rings. The van der Waals surface area contributed by atoms with Crippen molar-refractivity contribution in [1.82, 2.24) is 15.1 Å². The number of nitrogens with zero attached hydrogens (tertiary/aromatic N) is 3. The Morgan fingerprint density at radius 1 is 1.08 bits per heavy atom. The van der Waals surface area contributed by atoms with E-state index in [9.17, 15) is 4.79 Å². The lowest BCUT2D eigenvalue weighted by Crippen LogP contribution is -2.13. The molecule has 0 radical (unpaired) electrons. The summed E-state index contributed by atoms with van der Waals surface area (Å²) in [5.74, 6) is 0.801. The first-order chi connectivity index (χ1) is 12.6. The van der Waals surface area contributed by atoms with Crippen molar-refractivity contribution in [3.05, 3.63) is 78.0 Å². The van der Waals surface area contributed by atoms with Gasteiger partial charge in [-0.25, -0.2) is 0 Å². The summed E-state index contributed by atoms with van der Waals surface area (Å²) in [5.41, 5.74) is 2.41. The fourth-order valence-electron chi connectivity index (χ4n) is 2.43. The average molecular weight is 348 g/mol. The Balaban J connectivity index is 1.66. The van der Waals surface area contributed by atoms with E-state index in [1.807, 2.05) is 50.5 Å². The molecular formula is C20H20N4O2. The lowest BCUT2D eigenvalue weighted by molar-refractivity contribution is 0.102. The zero-order valence-electron chi connectivity index (χ0n) is 14.7. The number of aromatic nitrogens is 2. The van der Waals surface area contributed by atoms with Gasteiger partial charge in [-0.1, -0.05) is 18.2 Å². The van der Waals surface area contributed by atoms with Gasteiger partial charge in [0.2, 0.25) is 5.88 Å². The zero-order chi connectivity index (χ0) is 18.4. The summed E-state index contributed by atoms with van der Waals surface area (Å²) in [6.07, 6.45) is 1.58. The van der Waals surface area contributed by atoms with Gasteiger partial charge in [0.25, 0.3) is 5.91 Å². The van der Waals surface area contributed by atoms with Crippen LogP contribution in [0.2, 0.25) is 0 Å². The second kappa shape index (κ2) is 8.22. The Morgan fingerprint density at radius 2 is 1.88 bits per heavy atom. The number of nitrogens with one attached hydrogen (secondary N) is 1. The molecule has 1 amide bonds. The molecule has 132 valence electrons. The molecule has 1 aromatic heterocycles. The number of anilines is 1. The van der Waals surface area contributed by atoms with Crippen LogP contribution in [0.5, 0.6) is 11.6 Å². The fourth-order valence-corrected chi connectivity index (χ4v) is 2.43. The molecule has 0 aliphatic carbocycles. The maximum atomic E-state index is 12.4. The molecular weight excluding hydrogens is 328 g/mol. The van der Waals surface area contributed by atoms with E-state index in [1.165, 1.54) is 0 Å². The molecule has 3 rings (SSSR count). The number of rotatable bonds is 6. The minimum atomic E-state index is -0.168. The summed E-state index contributed by atoms with van der Waals surface area (Å²) < 4.78 is 5.63. The van der Waals surface area contributed by atoms with Crippen LogP contribution in [0.4, 0.5) is 5.69 Å². The van der Waals surface area contributed by atoms with Crippen LogP contribution in [0.25, 0.3) is 0 Å². The van der Waals surface area contributed by atoms with E-state index < -0.39 is 0 Å². The van der Waals surface area contributed by atoms with E-state index in [0.717, 1.165) is 12.1 Å². The van der Waals surface area contributed by atoms with E-state index in [0.29, 0.717) is 22.9 Å². The Morgan fingerprint density at radius 3 is 2.58 bits per heavy atom. The first-order valence-corrected chi connectivity index (χ1v) is 8.21. The second-order valence-electron chi connectivity index (χ2n) is 6.08. The van der Waals surface area contributed by atoms with E-state index in [4.69, 9.17) is 4.74 Å². The summed E-state index contributed by atoms with van der Waals surface area (Å²) in [6.45, 7) is 0.837. The van der Waals surface area contributed by atoms with Gasteiger partial charge in [0.1, 0.15) is 5.75 Å². The number of amides is 1. The van der Waals surface area contributed by atoms with Gasteiger partial charge in [-0.2, -0.15) is 5.10 Å². The third kappa shape index (κ3) is 4.87. The number of carbonyl (C=O) groups excluding carboxylic acids is 1. The van der Waals surface area contributed by atoms with Crippen molar-refractivity contribution in [3.8, 4) is 11.6 Å². The molecule has 6 heteroatoms. The Kier molecular flexibility index (Phi) is 5.56. The highest BCUT2D eigenvalue weighted by Gasteiger charge is 2.07. The normalized spacial score (nSPS) is 10.6. The predicted octanol–water partition coefficient (Wildman–Crippen LogP) is 3.58. The summed E-state index contributed by atoms with van der Waals surface area (Å²) in [6, 6.07) is 18.2. The molecule has 0 spiro atoms. The van der Waals surface area contributed by atoms with Gasteiger partial charge in [-0.05, 0) is 50.0 Å². The molecule has 0 saturated heterocycles. The molecule has 0 saturated carbocycles. The van der Waals surface area contributed by atoms with Gasteiger partial charge in [-0.15, -0.1) is 5.10 Å². The van der Waals surface area contributed by atoms with Gasteiger partial charge in [0.05, 0.1) is 0 Å². The Labute approximate surface area is 152 Å². The van der Waals surface area contributed by atoms with Crippen molar-refractivity contribution in [2.45, 2.75) is 6.54 Å². The maximum Gasteiger partial charge on any atom is 0.255 e. The van der Waals surface area contributed by atoms with Crippen molar-refractivity contribution in [2.75, 3.05) is 19.4 Å². The van der Waals surface area contributed by atoms with Crippen LogP contribution >= 0.6 is 0 Å². The molecule has 1 N–H and O–H groups in total. The lowest BCUT2D eigenvalue weighted by atomic mass is 10.1. The highest BCUT2D eigenvalue weighted by molar-refractivity contribution is 6.04.